The van der Waals surface area contributed by atoms with Crippen molar-refractivity contribution in [1.29, 1.82) is 0 Å². The van der Waals surface area contributed by atoms with Crippen molar-refractivity contribution < 1.29 is 9.26 Å². The molecule has 2 rings (SSSR count). The number of nitrogens with two attached hydrogens (primary N) is 1. The minimum Gasteiger partial charge on any atom is -0.384 e. The van der Waals surface area contributed by atoms with E-state index in [-0.39, 0.29) is 0 Å². The number of aromatic amines is 1. The molecule has 0 bridgehead atoms. The molecule has 0 spiro atoms. The van der Waals surface area contributed by atoms with Gasteiger partial charge in [0.05, 0.1) is 12.8 Å². The molecular weight excluding hydrogens is 198 g/mol. The number of H-pyrrole nitrogens is 1. The molecule has 0 atom stereocenters. The van der Waals surface area contributed by atoms with Gasteiger partial charge >= 0.3 is 0 Å². The van der Waals surface area contributed by atoms with Crippen molar-refractivity contribution in [2.75, 3.05) is 19.5 Å². The van der Waals surface area contributed by atoms with E-state index in [1.54, 1.807) is 13.3 Å². The van der Waals surface area contributed by atoms with Crippen LogP contribution in [0.3, 0.4) is 0 Å². The van der Waals surface area contributed by atoms with E-state index in [2.05, 4.69) is 20.3 Å². The van der Waals surface area contributed by atoms with Crippen LogP contribution in [0.2, 0.25) is 0 Å². The number of hydrogen-bond donors (Lipinski definition) is 2. The number of hydrogen-bond acceptors (Lipinski definition) is 6. The normalized spacial score (nSPS) is 10.7. The number of rotatable bonds is 4. The van der Waals surface area contributed by atoms with Gasteiger partial charge in [0.15, 0.2) is 5.82 Å². The zero-order valence-corrected chi connectivity index (χ0v) is 8.23. The molecule has 0 saturated heterocycles. The first-order chi connectivity index (χ1) is 7.31. The smallest absolute Gasteiger partial charge is 0.263 e. The van der Waals surface area contributed by atoms with Crippen LogP contribution in [0.4, 0.5) is 5.82 Å². The summed E-state index contributed by atoms with van der Waals surface area (Å²) in [6.07, 6.45) is 2.15. The number of nitrogens with one attached hydrogen (secondary N) is 1. The van der Waals surface area contributed by atoms with Crippen LogP contribution in [0.5, 0.6) is 0 Å². The van der Waals surface area contributed by atoms with Gasteiger partial charge in [0.1, 0.15) is 11.4 Å². The zero-order valence-electron chi connectivity index (χ0n) is 8.23. The summed E-state index contributed by atoms with van der Waals surface area (Å²) < 4.78 is 9.93. The summed E-state index contributed by atoms with van der Waals surface area (Å²) in [6, 6.07) is 0. The Balaban J connectivity index is 2.17. The highest BCUT2D eigenvalue weighted by Crippen LogP contribution is 2.21. The quantitative estimate of drug-likeness (QED) is 0.747. The molecule has 80 valence electrons. The van der Waals surface area contributed by atoms with Gasteiger partial charge in [-0.2, -0.15) is 10.1 Å². The second kappa shape index (κ2) is 4.09. The summed E-state index contributed by atoms with van der Waals surface area (Å²) >= 11 is 0. The number of nitrogen functional groups attached to an aromatic ring is 1. The summed E-state index contributed by atoms with van der Waals surface area (Å²) in [4.78, 5) is 4.15. The van der Waals surface area contributed by atoms with Crippen LogP contribution < -0.4 is 5.73 Å². The molecule has 0 unspecified atom stereocenters. The predicted octanol–water partition coefficient (Wildman–Crippen LogP) is 0.231. The van der Waals surface area contributed by atoms with Gasteiger partial charge in [-0.25, -0.2) is 0 Å². The molecule has 7 nitrogen and oxygen atoms in total. The Morgan fingerprint density at radius 1 is 1.60 bits per heavy atom. The van der Waals surface area contributed by atoms with Gasteiger partial charge in [0.2, 0.25) is 0 Å². The SMILES string of the molecule is COCCc1noc(-c2cn[nH]c2N)n1. The standard InChI is InChI=1S/C8H11N5O2/c1-14-3-2-6-11-8(15-13-6)5-4-10-12-7(5)9/h4H,2-3H2,1H3,(H3,9,10,12). The topological polar surface area (TPSA) is 103 Å². The Morgan fingerprint density at radius 3 is 3.13 bits per heavy atom. The summed E-state index contributed by atoms with van der Waals surface area (Å²) in [5, 5.41) is 10.1. The van der Waals surface area contributed by atoms with E-state index in [1.165, 1.54) is 0 Å². The molecule has 0 aliphatic rings. The molecule has 2 aromatic rings. The fourth-order valence-electron chi connectivity index (χ4n) is 1.12. The molecule has 15 heavy (non-hydrogen) atoms. The number of aromatic nitrogens is 4. The summed E-state index contributed by atoms with van der Waals surface area (Å²) in [5.74, 6) is 1.37. The van der Waals surface area contributed by atoms with Gasteiger partial charge in [-0.3, -0.25) is 5.10 Å². The lowest BCUT2D eigenvalue weighted by Crippen LogP contribution is -1.96. The monoisotopic (exact) mass is 209 g/mol. The molecule has 0 radical (unpaired) electrons. The molecule has 2 heterocycles. The fourth-order valence-corrected chi connectivity index (χ4v) is 1.12. The molecule has 7 heteroatoms. The van der Waals surface area contributed by atoms with Crippen LogP contribution in [0.1, 0.15) is 5.82 Å². The average Bonchev–Trinajstić information content (AvgIpc) is 2.83. The van der Waals surface area contributed by atoms with Crippen molar-refractivity contribution in [1.82, 2.24) is 20.3 Å². The van der Waals surface area contributed by atoms with Crippen LogP contribution in [0.25, 0.3) is 11.5 Å². The largest absolute Gasteiger partial charge is 0.384 e. The first-order valence-electron chi connectivity index (χ1n) is 4.42. The maximum absolute atomic E-state index is 5.61. The van der Waals surface area contributed by atoms with Gasteiger partial charge in [-0.05, 0) is 0 Å². The molecule has 0 aliphatic heterocycles. The van der Waals surface area contributed by atoms with Gasteiger partial charge < -0.3 is 15.0 Å². The second-order valence-electron chi connectivity index (χ2n) is 2.96. The van der Waals surface area contributed by atoms with Crippen molar-refractivity contribution in [3.8, 4) is 11.5 Å². The maximum Gasteiger partial charge on any atom is 0.263 e. The maximum atomic E-state index is 5.61. The summed E-state index contributed by atoms with van der Waals surface area (Å²) in [6.45, 7) is 0.555. The minimum absolute atomic E-state index is 0.368. The lowest BCUT2D eigenvalue weighted by atomic mass is 10.3. The van der Waals surface area contributed by atoms with Crippen LogP contribution in [-0.2, 0) is 11.2 Å². The van der Waals surface area contributed by atoms with E-state index in [1.807, 2.05) is 0 Å². The van der Waals surface area contributed by atoms with Gasteiger partial charge in [0, 0.05) is 13.5 Å². The van der Waals surface area contributed by atoms with E-state index in [0.717, 1.165) is 0 Å². The fraction of sp³-hybridized carbons (Fsp3) is 0.375. The molecule has 0 fully saturated rings. The number of nitrogens with zero attached hydrogens (tertiary/aromatic N) is 3. The van der Waals surface area contributed by atoms with Gasteiger partial charge in [-0.15, -0.1) is 0 Å². The Bertz CT molecular complexity index is 436. The van der Waals surface area contributed by atoms with Crippen LogP contribution in [-0.4, -0.2) is 34.1 Å². The van der Waals surface area contributed by atoms with E-state index >= 15 is 0 Å². The molecule has 2 aromatic heterocycles. The molecule has 3 N–H and O–H groups in total. The highest BCUT2D eigenvalue weighted by Gasteiger charge is 2.12. The Hall–Kier alpha value is -1.89. The van der Waals surface area contributed by atoms with E-state index in [9.17, 15) is 0 Å². The van der Waals surface area contributed by atoms with E-state index < -0.39 is 0 Å². The van der Waals surface area contributed by atoms with Crippen molar-refractivity contribution in [2.24, 2.45) is 0 Å². The Kier molecular flexibility index (Phi) is 2.64. The van der Waals surface area contributed by atoms with E-state index in [4.69, 9.17) is 15.0 Å². The van der Waals surface area contributed by atoms with E-state index in [0.29, 0.717) is 36.1 Å². The zero-order chi connectivity index (χ0) is 10.7. The molecular formula is C8H11N5O2. The third kappa shape index (κ3) is 1.96. The van der Waals surface area contributed by atoms with Gasteiger partial charge in [0.25, 0.3) is 5.89 Å². The summed E-state index contributed by atoms with van der Waals surface area (Å²) in [7, 11) is 1.62. The Morgan fingerprint density at radius 2 is 2.47 bits per heavy atom. The average molecular weight is 209 g/mol. The third-order valence-electron chi connectivity index (χ3n) is 1.90. The lowest BCUT2D eigenvalue weighted by Gasteiger charge is -1.90. The minimum atomic E-state index is 0.368. The van der Waals surface area contributed by atoms with Gasteiger partial charge in [-0.1, -0.05) is 5.16 Å². The third-order valence-corrected chi connectivity index (χ3v) is 1.90. The predicted molar refractivity (Wildman–Crippen MR) is 51.9 cm³/mol. The first-order valence-corrected chi connectivity index (χ1v) is 4.42. The molecule has 0 saturated carbocycles. The molecule has 0 aromatic carbocycles. The lowest BCUT2D eigenvalue weighted by molar-refractivity contribution is 0.199. The first kappa shape index (κ1) is 9.66. The van der Waals surface area contributed by atoms with Crippen LogP contribution >= 0.6 is 0 Å². The number of anilines is 1. The van der Waals surface area contributed by atoms with Crippen LogP contribution in [0, 0.1) is 0 Å². The number of methoxy groups -OCH3 is 1. The van der Waals surface area contributed by atoms with Crippen molar-refractivity contribution in [2.45, 2.75) is 6.42 Å². The highest BCUT2D eigenvalue weighted by atomic mass is 16.5. The molecule has 0 aliphatic carbocycles. The van der Waals surface area contributed by atoms with Crippen molar-refractivity contribution in [3.63, 3.8) is 0 Å². The highest BCUT2D eigenvalue weighted by molar-refractivity contribution is 5.65. The summed E-state index contributed by atoms with van der Waals surface area (Å²) in [5.41, 5.74) is 6.23. The second-order valence-corrected chi connectivity index (χ2v) is 2.96. The van der Waals surface area contributed by atoms with Crippen LogP contribution in [0.15, 0.2) is 10.7 Å². The Labute approximate surface area is 85.6 Å². The van der Waals surface area contributed by atoms with Crippen molar-refractivity contribution in [3.05, 3.63) is 12.0 Å². The molecule has 0 amide bonds. The number of ether oxygens (including phenoxy) is 1. The van der Waals surface area contributed by atoms with Crippen molar-refractivity contribution >= 4 is 5.82 Å².